The van der Waals surface area contributed by atoms with E-state index in [9.17, 15) is 22.4 Å². The summed E-state index contributed by atoms with van der Waals surface area (Å²) in [6.07, 6.45) is 0. The number of urea groups is 1. The average molecular weight is 424 g/mol. The Balaban J connectivity index is 1.69. The van der Waals surface area contributed by atoms with Crippen LogP contribution in [0.4, 0.5) is 14.9 Å². The molecule has 0 radical (unpaired) electrons. The molecule has 4 atom stereocenters. The van der Waals surface area contributed by atoms with Crippen LogP contribution in [0.1, 0.15) is 13.8 Å². The lowest BCUT2D eigenvalue weighted by atomic mass is 9.98. The number of sulfonamides is 1. The van der Waals surface area contributed by atoms with Gasteiger partial charge in [-0.2, -0.15) is 5.26 Å². The minimum atomic E-state index is -4.38. The van der Waals surface area contributed by atoms with Gasteiger partial charge in [-0.05, 0) is 32.0 Å². The number of carbonyl (C=O) groups is 2. The summed E-state index contributed by atoms with van der Waals surface area (Å²) in [4.78, 5) is 24.2. The first-order valence-electron chi connectivity index (χ1n) is 8.95. The van der Waals surface area contributed by atoms with E-state index in [0.29, 0.717) is 10.8 Å². The quantitative estimate of drug-likeness (QED) is 0.520. The third-order valence-corrected chi connectivity index (χ3v) is 6.68. The molecular weight excluding hydrogens is 403 g/mol. The molecule has 156 valence electrons. The fraction of sp³-hybridized carbons (Fsp3) is 0.471. The van der Waals surface area contributed by atoms with Crippen LogP contribution < -0.4 is 21.3 Å². The summed E-state index contributed by atoms with van der Waals surface area (Å²) in [6.45, 7) is 3.24. The zero-order valence-electron chi connectivity index (χ0n) is 15.8. The zero-order valence-corrected chi connectivity index (χ0v) is 16.6. The number of nitrogens with one attached hydrogen (secondary N) is 4. The second-order valence-corrected chi connectivity index (χ2v) is 8.84. The largest absolute Gasteiger partial charge is 0.350 e. The monoisotopic (exact) mass is 424 g/mol. The van der Waals surface area contributed by atoms with Gasteiger partial charge in [-0.3, -0.25) is 10.1 Å². The molecule has 2 aliphatic heterocycles. The van der Waals surface area contributed by atoms with Crippen molar-refractivity contribution < 1.29 is 22.4 Å². The first kappa shape index (κ1) is 21.0. The summed E-state index contributed by atoms with van der Waals surface area (Å²) in [7, 11) is -4.38. The maximum atomic E-state index is 13.5. The third kappa shape index (κ3) is 4.16. The van der Waals surface area contributed by atoms with Crippen LogP contribution in [0.5, 0.6) is 0 Å². The van der Waals surface area contributed by atoms with Gasteiger partial charge in [0.2, 0.25) is 5.91 Å². The van der Waals surface area contributed by atoms with Crippen molar-refractivity contribution in [2.75, 3.05) is 18.4 Å². The Bertz CT molecular complexity index is 979. The van der Waals surface area contributed by atoms with E-state index < -0.39 is 45.3 Å². The third-order valence-electron chi connectivity index (χ3n) is 4.91. The summed E-state index contributed by atoms with van der Waals surface area (Å²) in [5, 5.41) is 20.3. The molecule has 12 heteroatoms. The molecule has 1 fully saturated rings. The lowest BCUT2D eigenvalue weighted by Crippen LogP contribution is -2.65. The molecule has 1 aromatic carbocycles. The maximum Gasteiger partial charge on any atom is 0.336 e. The van der Waals surface area contributed by atoms with Crippen LogP contribution in [0.25, 0.3) is 0 Å². The number of fused-ring (bicyclic) bond motifs is 1. The number of nitrogens with zero attached hydrogens (tertiary/aromatic N) is 2. The molecule has 3 amide bonds. The van der Waals surface area contributed by atoms with Crippen LogP contribution in [-0.2, 0) is 14.8 Å². The van der Waals surface area contributed by atoms with Gasteiger partial charge in [0.1, 0.15) is 23.3 Å². The van der Waals surface area contributed by atoms with Crippen molar-refractivity contribution in [1.82, 2.24) is 20.3 Å². The van der Waals surface area contributed by atoms with Crippen LogP contribution in [-0.4, -0.2) is 61.9 Å². The number of rotatable bonds is 4. The van der Waals surface area contributed by atoms with Gasteiger partial charge in [0.25, 0.3) is 10.0 Å². The second-order valence-electron chi connectivity index (χ2n) is 7.01. The Kier molecular flexibility index (Phi) is 5.74. The Hall–Kier alpha value is -2.75. The van der Waals surface area contributed by atoms with E-state index in [-0.39, 0.29) is 23.8 Å². The van der Waals surface area contributed by atoms with Crippen LogP contribution in [0.3, 0.4) is 0 Å². The van der Waals surface area contributed by atoms with Gasteiger partial charge < -0.3 is 16.0 Å². The number of carbonyl (C=O) groups excluding carboxylic acids is 2. The molecule has 1 aromatic rings. The van der Waals surface area contributed by atoms with Crippen molar-refractivity contribution in [3.05, 3.63) is 24.0 Å². The Morgan fingerprint density at radius 2 is 2.21 bits per heavy atom. The Morgan fingerprint density at radius 3 is 2.86 bits per heavy atom. The molecule has 3 unspecified atom stereocenters. The molecule has 0 aliphatic carbocycles. The number of hydrogen-bond acceptors (Lipinski definition) is 7. The predicted molar refractivity (Wildman–Crippen MR) is 101 cm³/mol. The lowest BCUT2D eigenvalue weighted by molar-refractivity contribution is -0.121. The molecular formula is C17H21FN6O4S. The minimum Gasteiger partial charge on any atom is -0.350 e. The average Bonchev–Trinajstić information content (AvgIpc) is 2.65. The number of halogens is 1. The molecule has 2 heterocycles. The molecule has 4 N–H and O–H groups in total. The molecule has 0 saturated carbocycles. The maximum absolute atomic E-state index is 13.5. The van der Waals surface area contributed by atoms with E-state index in [4.69, 9.17) is 5.26 Å². The van der Waals surface area contributed by atoms with Crippen molar-refractivity contribution in [1.29, 1.82) is 5.26 Å². The fourth-order valence-electron chi connectivity index (χ4n) is 3.50. The van der Waals surface area contributed by atoms with Gasteiger partial charge in [-0.1, -0.05) is 0 Å². The van der Waals surface area contributed by atoms with Crippen LogP contribution in [0, 0.1) is 17.1 Å². The smallest absolute Gasteiger partial charge is 0.336 e. The Labute approximate surface area is 167 Å². The first-order valence-corrected chi connectivity index (χ1v) is 10.4. The van der Waals surface area contributed by atoms with E-state index in [1.165, 1.54) is 0 Å². The lowest BCUT2D eigenvalue weighted by Gasteiger charge is -2.38. The number of piperazine rings is 1. The van der Waals surface area contributed by atoms with Crippen LogP contribution >= 0.6 is 0 Å². The number of nitriles is 1. The highest BCUT2D eigenvalue weighted by Gasteiger charge is 2.39. The van der Waals surface area contributed by atoms with Crippen molar-refractivity contribution in [3.8, 4) is 6.07 Å². The number of amides is 3. The summed E-state index contributed by atoms with van der Waals surface area (Å²) in [5.41, 5.74) is -0.0419. The van der Waals surface area contributed by atoms with E-state index in [2.05, 4.69) is 27.3 Å². The van der Waals surface area contributed by atoms with Gasteiger partial charge in [-0.25, -0.2) is 21.9 Å². The minimum absolute atomic E-state index is 0.0419. The molecule has 3 rings (SSSR count). The van der Waals surface area contributed by atoms with Gasteiger partial charge in [0.15, 0.2) is 0 Å². The van der Waals surface area contributed by atoms with Crippen molar-refractivity contribution >= 4 is 27.6 Å². The second kappa shape index (κ2) is 7.94. The summed E-state index contributed by atoms with van der Waals surface area (Å²) in [6, 6.07) is 3.01. The van der Waals surface area contributed by atoms with E-state index in [1.54, 1.807) is 6.92 Å². The van der Waals surface area contributed by atoms with Crippen molar-refractivity contribution in [2.24, 2.45) is 0 Å². The fourth-order valence-corrected chi connectivity index (χ4v) is 4.95. The van der Waals surface area contributed by atoms with E-state index in [0.717, 1.165) is 18.2 Å². The van der Waals surface area contributed by atoms with Crippen LogP contribution in [0.2, 0.25) is 0 Å². The summed E-state index contributed by atoms with van der Waals surface area (Å²) < 4.78 is 39.2. The summed E-state index contributed by atoms with van der Waals surface area (Å²) in [5.74, 6) is -1.46. The molecule has 1 saturated heterocycles. The molecule has 10 nitrogen and oxygen atoms in total. The van der Waals surface area contributed by atoms with Crippen molar-refractivity contribution in [3.63, 3.8) is 0 Å². The molecule has 0 bridgehead atoms. The highest BCUT2D eigenvalue weighted by molar-refractivity contribution is 7.90. The van der Waals surface area contributed by atoms with E-state index >= 15 is 0 Å². The molecule has 0 spiro atoms. The van der Waals surface area contributed by atoms with Gasteiger partial charge in [-0.15, -0.1) is 0 Å². The number of hydrogen-bond donors (Lipinski definition) is 4. The normalized spacial score (nSPS) is 26.6. The standard InChI is InChI=1S/C17H21FN6O4S/c1-9-16(20-7-12(6-19)21-9)10(2)22-15(25)8-24-17(26)23-13-4-3-11(18)5-14(13)29(24,27)28/h3-5,9-10,12,16,20-21H,7-8H2,1-2H3,(H,22,25)(H,23,26)/t9?,10-,12?,16?/m1/s1. The highest BCUT2D eigenvalue weighted by Crippen LogP contribution is 2.30. The van der Waals surface area contributed by atoms with Gasteiger partial charge in [0, 0.05) is 24.7 Å². The first-order chi connectivity index (χ1) is 13.6. The molecule has 2 aliphatic rings. The number of anilines is 1. The Morgan fingerprint density at radius 1 is 1.48 bits per heavy atom. The zero-order chi connectivity index (χ0) is 21.3. The topological polar surface area (TPSA) is 143 Å². The molecule has 0 aromatic heterocycles. The highest BCUT2D eigenvalue weighted by atomic mass is 32.2. The van der Waals surface area contributed by atoms with E-state index in [1.807, 2.05) is 6.92 Å². The molecule has 29 heavy (non-hydrogen) atoms. The van der Waals surface area contributed by atoms with Crippen molar-refractivity contribution in [2.45, 2.75) is 42.9 Å². The van der Waals surface area contributed by atoms with Gasteiger partial charge >= 0.3 is 6.03 Å². The summed E-state index contributed by atoms with van der Waals surface area (Å²) >= 11 is 0. The van der Waals surface area contributed by atoms with Crippen LogP contribution in [0.15, 0.2) is 23.1 Å². The predicted octanol–water partition coefficient (Wildman–Crippen LogP) is -0.291. The SMILES string of the molecule is CC1NC(C#N)CNC1[C@@H](C)NC(=O)CN1C(=O)Nc2ccc(F)cc2S1(=O)=O. The number of benzene rings is 1. The van der Waals surface area contributed by atoms with Gasteiger partial charge in [0.05, 0.1) is 11.8 Å².